The van der Waals surface area contributed by atoms with Crippen molar-refractivity contribution in [3.05, 3.63) is 35.1 Å². The van der Waals surface area contributed by atoms with Gasteiger partial charge in [-0.15, -0.1) is 0 Å². The Kier molecular flexibility index (Phi) is 4.91. The van der Waals surface area contributed by atoms with Gasteiger partial charge in [0.25, 0.3) is 0 Å². The van der Waals surface area contributed by atoms with Crippen molar-refractivity contribution in [3.8, 4) is 0 Å². The van der Waals surface area contributed by atoms with Crippen LogP contribution in [0.3, 0.4) is 0 Å². The number of hydrogen-bond acceptors (Lipinski definition) is 2. The van der Waals surface area contributed by atoms with Crippen LogP contribution in [-0.2, 0) is 0 Å². The van der Waals surface area contributed by atoms with E-state index >= 15 is 0 Å². The zero-order valence-corrected chi connectivity index (χ0v) is 12.9. The Bertz CT molecular complexity index is 427. The second-order valence-electron chi connectivity index (χ2n) is 5.68. The fraction of sp³-hybridized carbons (Fsp3) is 0.625. The third kappa shape index (κ3) is 3.32. The first kappa shape index (κ1) is 14.9. The van der Waals surface area contributed by atoms with Gasteiger partial charge >= 0.3 is 0 Å². The molecule has 1 saturated heterocycles. The van der Waals surface area contributed by atoms with Crippen LogP contribution in [0.4, 0.5) is 4.39 Å². The topological polar surface area (TPSA) is 12.0 Å². The Balaban J connectivity index is 2.33. The molecule has 0 radical (unpaired) electrons. The van der Waals surface area contributed by atoms with Crippen molar-refractivity contribution in [1.82, 2.24) is 5.32 Å². The zero-order valence-electron chi connectivity index (χ0n) is 12.1. The van der Waals surface area contributed by atoms with Gasteiger partial charge in [0.05, 0.1) is 0 Å². The van der Waals surface area contributed by atoms with Crippen LogP contribution in [0.25, 0.3) is 0 Å². The highest BCUT2D eigenvalue weighted by molar-refractivity contribution is 8.00. The normalized spacial score (nSPS) is 24.6. The van der Waals surface area contributed by atoms with Gasteiger partial charge < -0.3 is 5.32 Å². The fourth-order valence-corrected chi connectivity index (χ4v) is 4.28. The number of hydrogen-bond donors (Lipinski definition) is 1. The minimum absolute atomic E-state index is 0.0760. The largest absolute Gasteiger partial charge is 0.309 e. The van der Waals surface area contributed by atoms with E-state index in [0.29, 0.717) is 0 Å². The van der Waals surface area contributed by atoms with Gasteiger partial charge in [0.1, 0.15) is 5.82 Å². The molecule has 19 heavy (non-hydrogen) atoms. The highest BCUT2D eigenvalue weighted by Crippen LogP contribution is 2.47. The van der Waals surface area contributed by atoms with Crippen molar-refractivity contribution < 1.29 is 4.39 Å². The number of benzene rings is 1. The molecule has 1 aliphatic rings. The van der Waals surface area contributed by atoms with E-state index in [9.17, 15) is 4.39 Å². The first-order valence-corrected chi connectivity index (χ1v) is 8.19. The summed E-state index contributed by atoms with van der Waals surface area (Å²) >= 11 is 1.98. The van der Waals surface area contributed by atoms with Crippen LogP contribution in [0, 0.1) is 12.7 Å². The predicted molar refractivity (Wildman–Crippen MR) is 82.3 cm³/mol. The molecule has 1 aromatic rings. The lowest BCUT2D eigenvalue weighted by atomic mass is 9.89. The summed E-state index contributed by atoms with van der Waals surface area (Å²) in [4.78, 5) is 0. The maximum absolute atomic E-state index is 14.2. The molecule has 2 unspecified atom stereocenters. The molecule has 0 saturated carbocycles. The van der Waals surface area contributed by atoms with E-state index in [1.165, 1.54) is 12.2 Å². The molecule has 2 atom stereocenters. The molecule has 1 nitrogen and oxygen atoms in total. The first-order valence-electron chi connectivity index (χ1n) is 7.20. The van der Waals surface area contributed by atoms with Crippen LogP contribution in [0.2, 0.25) is 0 Å². The molecule has 0 spiro atoms. The average molecular weight is 281 g/mol. The number of nitrogens with one attached hydrogen (secondary N) is 1. The van der Waals surface area contributed by atoms with E-state index in [4.69, 9.17) is 0 Å². The maximum atomic E-state index is 14.2. The van der Waals surface area contributed by atoms with Gasteiger partial charge in [0.15, 0.2) is 0 Å². The van der Waals surface area contributed by atoms with Gasteiger partial charge in [-0.05, 0) is 51.5 Å². The number of halogens is 1. The van der Waals surface area contributed by atoms with Gasteiger partial charge in [0, 0.05) is 16.4 Å². The lowest BCUT2D eigenvalue weighted by Gasteiger charge is -2.35. The quantitative estimate of drug-likeness (QED) is 0.855. The van der Waals surface area contributed by atoms with Crippen molar-refractivity contribution in [2.75, 3.05) is 12.3 Å². The molecule has 1 heterocycles. The summed E-state index contributed by atoms with van der Waals surface area (Å²) in [6.07, 6.45) is 3.47. The minimum Gasteiger partial charge on any atom is -0.309 e. The van der Waals surface area contributed by atoms with Gasteiger partial charge in [-0.3, -0.25) is 0 Å². The Hall–Kier alpha value is -0.540. The van der Waals surface area contributed by atoms with E-state index in [0.717, 1.165) is 30.5 Å². The molecule has 1 aliphatic heterocycles. The number of thioether (sulfide) groups is 1. The van der Waals surface area contributed by atoms with E-state index in [2.05, 4.69) is 19.2 Å². The second-order valence-corrected chi connectivity index (χ2v) is 7.31. The van der Waals surface area contributed by atoms with Gasteiger partial charge in [-0.2, -0.15) is 11.8 Å². The lowest BCUT2D eigenvalue weighted by molar-refractivity contribution is 0.399. The molecule has 0 bridgehead atoms. The summed E-state index contributed by atoms with van der Waals surface area (Å²) in [7, 11) is 0. The molecular weight excluding hydrogens is 257 g/mol. The summed E-state index contributed by atoms with van der Waals surface area (Å²) in [5.41, 5.74) is 1.97. The van der Waals surface area contributed by atoms with Gasteiger partial charge in [0.2, 0.25) is 0 Å². The van der Waals surface area contributed by atoms with Crippen LogP contribution in [0.5, 0.6) is 0 Å². The first-order chi connectivity index (χ1) is 9.07. The highest BCUT2D eigenvalue weighted by atomic mass is 32.2. The Labute approximate surface area is 120 Å². The van der Waals surface area contributed by atoms with Crippen molar-refractivity contribution in [1.29, 1.82) is 0 Å². The van der Waals surface area contributed by atoms with Crippen molar-refractivity contribution in [2.45, 2.75) is 50.8 Å². The van der Waals surface area contributed by atoms with Crippen molar-refractivity contribution >= 4 is 11.8 Å². The fourth-order valence-electron chi connectivity index (χ4n) is 2.86. The molecule has 1 N–H and O–H groups in total. The molecule has 0 aromatic heterocycles. The highest BCUT2D eigenvalue weighted by Gasteiger charge is 2.39. The SMILES string of the molecule is CCCNC(c1cc(C)ccc1F)C1(C)CCCS1. The van der Waals surface area contributed by atoms with E-state index in [1.807, 2.05) is 30.8 Å². The number of aryl methyl sites for hydroxylation is 1. The summed E-state index contributed by atoms with van der Waals surface area (Å²) < 4.78 is 14.3. The van der Waals surface area contributed by atoms with Crippen LogP contribution < -0.4 is 5.32 Å². The second kappa shape index (κ2) is 6.27. The zero-order chi connectivity index (χ0) is 13.9. The smallest absolute Gasteiger partial charge is 0.128 e. The van der Waals surface area contributed by atoms with Crippen LogP contribution >= 0.6 is 11.8 Å². The third-order valence-electron chi connectivity index (χ3n) is 3.92. The molecule has 1 aromatic carbocycles. The average Bonchev–Trinajstić information content (AvgIpc) is 2.82. The summed E-state index contributed by atoms with van der Waals surface area (Å²) in [5.74, 6) is 1.11. The Morgan fingerprint density at radius 1 is 1.47 bits per heavy atom. The van der Waals surface area contributed by atoms with Crippen molar-refractivity contribution in [2.24, 2.45) is 0 Å². The summed E-state index contributed by atoms with van der Waals surface area (Å²) in [6.45, 7) is 7.40. The number of rotatable bonds is 5. The van der Waals surface area contributed by atoms with Crippen LogP contribution in [0.15, 0.2) is 18.2 Å². The van der Waals surface area contributed by atoms with Crippen molar-refractivity contribution in [3.63, 3.8) is 0 Å². The molecular formula is C16H24FNS. The molecule has 106 valence electrons. The predicted octanol–water partition coefficient (Wildman–Crippen LogP) is 4.46. The van der Waals surface area contributed by atoms with Gasteiger partial charge in [-0.25, -0.2) is 4.39 Å². The standard InChI is InChI=1S/C16H24FNS/c1-4-9-18-15(16(3)8-5-10-19-16)13-11-12(2)6-7-14(13)17/h6-7,11,15,18H,4-5,8-10H2,1-3H3. The van der Waals surface area contributed by atoms with Gasteiger partial charge in [-0.1, -0.05) is 24.6 Å². The lowest BCUT2D eigenvalue weighted by Crippen LogP contribution is -2.38. The van der Waals surface area contributed by atoms with E-state index in [-0.39, 0.29) is 16.6 Å². The third-order valence-corrected chi connectivity index (χ3v) is 5.51. The molecule has 0 aliphatic carbocycles. The molecule has 2 rings (SSSR count). The Morgan fingerprint density at radius 3 is 2.89 bits per heavy atom. The van der Waals surface area contributed by atoms with E-state index < -0.39 is 0 Å². The van der Waals surface area contributed by atoms with Crippen LogP contribution in [0.1, 0.15) is 50.3 Å². The minimum atomic E-state index is -0.0760. The summed E-state index contributed by atoms with van der Waals surface area (Å²) in [6, 6.07) is 5.57. The maximum Gasteiger partial charge on any atom is 0.128 e. The van der Waals surface area contributed by atoms with Crippen LogP contribution in [-0.4, -0.2) is 17.0 Å². The Morgan fingerprint density at radius 2 is 2.26 bits per heavy atom. The molecule has 1 fully saturated rings. The monoisotopic (exact) mass is 281 g/mol. The summed E-state index contributed by atoms with van der Waals surface area (Å²) in [5, 5.41) is 3.58. The molecule has 3 heteroatoms. The molecule has 0 amide bonds. The van der Waals surface area contributed by atoms with E-state index in [1.54, 1.807) is 6.07 Å².